The van der Waals surface area contributed by atoms with Crippen molar-refractivity contribution in [2.75, 3.05) is 0 Å². The molecule has 2 rings (SSSR count). The summed E-state index contributed by atoms with van der Waals surface area (Å²) in [6.07, 6.45) is 5.08. The van der Waals surface area contributed by atoms with Gasteiger partial charge in [-0.15, -0.1) is 0 Å². The second-order valence-electron chi connectivity index (χ2n) is 3.84. The fourth-order valence-electron chi connectivity index (χ4n) is 1.45. The van der Waals surface area contributed by atoms with E-state index in [0.717, 1.165) is 12.1 Å². The lowest BCUT2D eigenvalue weighted by molar-refractivity contribution is 0.0955. The van der Waals surface area contributed by atoms with Gasteiger partial charge < -0.3 is 0 Å². The summed E-state index contributed by atoms with van der Waals surface area (Å²) in [6, 6.07) is 6.60. The van der Waals surface area contributed by atoms with E-state index in [9.17, 15) is 4.79 Å². The van der Waals surface area contributed by atoms with Crippen molar-refractivity contribution < 1.29 is 4.79 Å². The van der Waals surface area contributed by atoms with Crippen LogP contribution in [-0.4, -0.2) is 21.9 Å². The van der Waals surface area contributed by atoms with E-state index in [1.807, 2.05) is 13.1 Å². The van der Waals surface area contributed by atoms with Gasteiger partial charge in [0.15, 0.2) is 0 Å². The van der Waals surface area contributed by atoms with Crippen molar-refractivity contribution in [3.05, 3.63) is 52.8 Å². The van der Waals surface area contributed by atoms with Gasteiger partial charge in [0.1, 0.15) is 0 Å². The predicted octanol–water partition coefficient (Wildman–Crippen LogP) is 2.32. The number of hydrogen-bond donors (Lipinski definition) is 1. The molecule has 1 aromatic carbocycles. The van der Waals surface area contributed by atoms with Crippen LogP contribution in [0.15, 0.2) is 41.8 Å². The third-order valence-electron chi connectivity index (χ3n) is 2.46. The lowest BCUT2D eigenvalue weighted by Crippen LogP contribution is -2.17. The van der Waals surface area contributed by atoms with Gasteiger partial charge in [0.2, 0.25) is 0 Å². The molecule has 0 aliphatic heterocycles. The number of carbonyl (C=O) groups excluding carboxylic acids is 1. The molecule has 1 N–H and O–H groups in total. The Morgan fingerprint density at radius 3 is 2.84 bits per heavy atom. The van der Waals surface area contributed by atoms with Crippen molar-refractivity contribution in [3.63, 3.8) is 0 Å². The van der Waals surface area contributed by atoms with E-state index in [0.29, 0.717) is 10.6 Å². The van der Waals surface area contributed by atoms with Crippen LogP contribution in [-0.2, 0) is 6.54 Å². The Labute approximate surface area is 115 Å². The molecule has 1 heterocycles. The van der Waals surface area contributed by atoms with Crippen LogP contribution in [0.3, 0.4) is 0 Å². The molecule has 0 radical (unpaired) electrons. The fraction of sp³-hybridized carbons (Fsp3) is 0.154. The molecule has 0 saturated heterocycles. The summed E-state index contributed by atoms with van der Waals surface area (Å²) < 4.78 is 1.78. The van der Waals surface area contributed by atoms with Gasteiger partial charge in [-0.2, -0.15) is 10.2 Å². The van der Waals surface area contributed by atoms with Crippen molar-refractivity contribution in [3.8, 4) is 0 Å². The Hall–Kier alpha value is -2.14. The molecule has 19 heavy (non-hydrogen) atoms. The van der Waals surface area contributed by atoms with Gasteiger partial charge in [0, 0.05) is 28.9 Å². The smallest absolute Gasteiger partial charge is 0.271 e. The quantitative estimate of drug-likeness (QED) is 0.688. The number of amides is 1. The zero-order valence-corrected chi connectivity index (χ0v) is 11.1. The highest BCUT2D eigenvalue weighted by atomic mass is 35.5. The maximum absolute atomic E-state index is 11.7. The van der Waals surface area contributed by atoms with Crippen molar-refractivity contribution in [1.29, 1.82) is 0 Å². The average molecular weight is 277 g/mol. The Morgan fingerprint density at radius 2 is 2.21 bits per heavy atom. The van der Waals surface area contributed by atoms with Crippen LogP contribution in [0.4, 0.5) is 0 Å². The highest BCUT2D eigenvalue weighted by Gasteiger charge is 2.03. The van der Waals surface area contributed by atoms with E-state index in [1.54, 1.807) is 41.4 Å². The van der Waals surface area contributed by atoms with E-state index < -0.39 is 0 Å². The summed E-state index contributed by atoms with van der Waals surface area (Å²) in [4.78, 5) is 11.7. The third-order valence-corrected chi connectivity index (χ3v) is 2.72. The van der Waals surface area contributed by atoms with Gasteiger partial charge in [0.25, 0.3) is 5.91 Å². The van der Waals surface area contributed by atoms with Crippen molar-refractivity contribution in [1.82, 2.24) is 15.2 Å². The summed E-state index contributed by atoms with van der Waals surface area (Å²) >= 11 is 5.75. The van der Waals surface area contributed by atoms with Gasteiger partial charge in [-0.25, -0.2) is 5.43 Å². The molecule has 5 nitrogen and oxygen atoms in total. The monoisotopic (exact) mass is 276 g/mol. The molecule has 98 valence electrons. The van der Waals surface area contributed by atoms with Gasteiger partial charge in [-0.3, -0.25) is 9.48 Å². The summed E-state index contributed by atoms with van der Waals surface area (Å²) in [5.41, 5.74) is 3.78. The van der Waals surface area contributed by atoms with E-state index in [2.05, 4.69) is 15.6 Å². The molecule has 0 fully saturated rings. The summed E-state index contributed by atoms with van der Waals surface area (Å²) in [5.74, 6) is -0.282. The SMILES string of the molecule is CCn1cc(/C=N\NC(=O)c2ccc(Cl)cc2)cn1. The molecule has 0 unspecified atom stereocenters. The maximum atomic E-state index is 11.7. The zero-order valence-electron chi connectivity index (χ0n) is 10.4. The maximum Gasteiger partial charge on any atom is 0.271 e. The summed E-state index contributed by atoms with van der Waals surface area (Å²) in [5, 5.41) is 8.57. The molecule has 0 aliphatic rings. The van der Waals surface area contributed by atoms with E-state index in [4.69, 9.17) is 11.6 Å². The lowest BCUT2D eigenvalue weighted by Gasteiger charge is -1.99. The lowest BCUT2D eigenvalue weighted by atomic mass is 10.2. The van der Waals surface area contributed by atoms with Gasteiger partial charge in [-0.1, -0.05) is 11.6 Å². The molecule has 2 aromatic rings. The number of benzene rings is 1. The molecular formula is C13H13ClN4O. The van der Waals surface area contributed by atoms with Crippen LogP contribution in [0.5, 0.6) is 0 Å². The fourth-order valence-corrected chi connectivity index (χ4v) is 1.58. The Kier molecular flexibility index (Phi) is 4.30. The second-order valence-corrected chi connectivity index (χ2v) is 4.27. The van der Waals surface area contributed by atoms with Crippen LogP contribution in [0.2, 0.25) is 5.02 Å². The number of carbonyl (C=O) groups is 1. The molecule has 1 amide bonds. The first-order valence-corrected chi connectivity index (χ1v) is 6.18. The number of aromatic nitrogens is 2. The Bertz CT molecular complexity index is 589. The molecule has 0 spiro atoms. The normalized spacial score (nSPS) is 10.8. The molecule has 0 bridgehead atoms. The molecule has 0 atom stereocenters. The first-order valence-electron chi connectivity index (χ1n) is 5.80. The zero-order chi connectivity index (χ0) is 13.7. The Morgan fingerprint density at radius 1 is 1.47 bits per heavy atom. The van der Waals surface area contributed by atoms with E-state index in [-0.39, 0.29) is 5.91 Å². The van der Waals surface area contributed by atoms with Crippen molar-refractivity contribution in [2.24, 2.45) is 5.10 Å². The van der Waals surface area contributed by atoms with Crippen LogP contribution in [0.1, 0.15) is 22.8 Å². The molecule has 0 saturated carbocycles. The minimum Gasteiger partial charge on any atom is -0.272 e. The minimum atomic E-state index is -0.282. The molecule has 0 aliphatic carbocycles. The number of hydrogen-bond acceptors (Lipinski definition) is 3. The summed E-state index contributed by atoms with van der Waals surface area (Å²) in [6.45, 7) is 2.79. The number of hydrazone groups is 1. The van der Waals surface area contributed by atoms with Crippen LogP contribution in [0, 0.1) is 0 Å². The van der Waals surface area contributed by atoms with Crippen molar-refractivity contribution in [2.45, 2.75) is 13.5 Å². The molecular weight excluding hydrogens is 264 g/mol. The third kappa shape index (κ3) is 3.66. The first-order chi connectivity index (χ1) is 9.19. The van der Waals surface area contributed by atoms with Crippen LogP contribution < -0.4 is 5.43 Å². The van der Waals surface area contributed by atoms with E-state index in [1.165, 1.54) is 0 Å². The number of aryl methyl sites for hydroxylation is 1. The Balaban J connectivity index is 1.94. The topological polar surface area (TPSA) is 59.3 Å². The number of rotatable bonds is 4. The highest BCUT2D eigenvalue weighted by Crippen LogP contribution is 2.09. The predicted molar refractivity (Wildman–Crippen MR) is 74.4 cm³/mol. The minimum absolute atomic E-state index is 0.282. The second kappa shape index (κ2) is 6.15. The number of halogens is 1. The van der Waals surface area contributed by atoms with Crippen LogP contribution in [0.25, 0.3) is 0 Å². The largest absolute Gasteiger partial charge is 0.272 e. The van der Waals surface area contributed by atoms with Crippen LogP contribution >= 0.6 is 11.6 Å². The highest BCUT2D eigenvalue weighted by molar-refractivity contribution is 6.30. The number of nitrogens with one attached hydrogen (secondary N) is 1. The first kappa shape index (κ1) is 13.3. The van der Waals surface area contributed by atoms with Gasteiger partial charge in [0.05, 0.1) is 12.4 Å². The summed E-state index contributed by atoms with van der Waals surface area (Å²) in [7, 11) is 0. The molecule has 6 heteroatoms. The van der Waals surface area contributed by atoms with Gasteiger partial charge >= 0.3 is 0 Å². The van der Waals surface area contributed by atoms with Gasteiger partial charge in [-0.05, 0) is 31.2 Å². The van der Waals surface area contributed by atoms with E-state index >= 15 is 0 Å². The van der Waals surface area contributed by atoms with Crippen molar-refractivity contribution >= 4 is 23.7 Å². The molecule has 1 aromatic heterocycles. The number of nitrogens with zero attached hydrogens (tertiary/aromatic N) is 3. The standard InChI is InChI=1S/C13H13ClN4O/c1-2-18-9-10(8-16-18)7-15-17-13(19)11-3-5-12(14)6-4-11/h3-9H,2H2,1H3,(H,17,19)/b15-7-. The average Bonchev–Trinajstić information content (AvgIpc) is 2.87.